The van der Waals surface area contributed by atoms with E-state index in [2.05, 4.69) is 41.4 Å². The van der Waals surface area contributed by atoms with E-state index in [-0.39, 0.29) is 0 Å². The summed E-state index contributed by atoms with van der Waals surface area (Å²) in [7, 11) is 1.72. The van der Waals surface area contributed by atoms with Gasteiger partial charge in [0.2, 0.25) is 0 Å². The highest BCUT2D eigenvalue weighted by molar-refractivity contribution is 5.28. The number of likely N-dealkylation sites (tertiary alicyclic amines) is 1. The molecule has 3 heteroatoms. The summed E-state index contributed by atoms with van der Waals surface area (Å²) in [6, 6.07) is 9.76. The van der Waals surface area contributed by atoms with Crippen LogP contribution in [-0.4, -0.2) is 37.7 Å². The Balaban J connectivity index is 1.47. The van der Waals surface area contributed by atoms with Crippen molar-refractivity contribution < 1.29 is 4.74 Å². The maximum Gasteiger partial charge on any atom is 0.118 e. The van der Waals surface area contributed by atoms with Crippen LogP contribution in [0.3, 0.4) is 0 Å². The fourth-order valence-electron chi connectivity index (χ4n) is 3.24. The van der Waals surface area contributed by atoms with Gasteiger partial charge in [-0.25, -0.2) is 0 Å². The first kappa shape index (κ1) is 14.9. The average Bonchev–Trinajstić information content (AvgIpc) is 3.37. The normalized spacial score (nSPS) is 22.2. The number of methoxy groups -OCH3 is 1. The standard InChI is InChI=1S/C18H28N2O/c1-14(16-5-7-18(21-2)8-6-16)20-11-9-17(10-12-20)19-13-15-3-4-15/h5-8,14-15,17,19H,3-4,9-13H2,1-2H3. The van der Waals surface area contributed by atoms with Crippen LogP contribution >= 0.6 is 0 Å². The van der Waals surface area contributed by atoms with E-state index >= 15 is 0 Å². The Kier molecular flexibility index (Phi) is 4.81. The molecule has 3 nitrogen and oxygen atoms in total. The summed E-state index contributed by atoms with van der Waals surface area (Å²) in [5, 5.41) is 3.75. The summed E-state index contributed by atoms with van der Waals surface area (Å²) in [6.45, 7) is 5.98. The molecule has 1 heterocycles. The SMILES string of the molecule is COc1ccc(C(C)N2CCC(NCC3CC3)CC2)cc1. The van der Waals surface area contributed by atoms with Gasteiger partial charge in [0, 0.05) is 25.2 Å². The smallest absolute Gasteiger partial charge is 0.118 e. The fraction of sp³-hybridized carbons (Fsp3) is 0.667. The summed E-state index contributed by atoms with van der Waals surface area (Å²) >= 11 is 0. The van der Waals surface area contributed by atoms with E-state index < -0.39 is 0 Å². The quantitative estimate of drug-likeness (QED) is 0.870. The number of hydrogen-bond acceptors (Lipinski definition) is 3. The predicted octanol–water partition coefficient (Wildman–Crippen LogP) is 3.22. The molecule has 2 aliphatic rings. The minimum absolute atomic E-state index is 0.500. The van der Waals surface area contributed by atoms with Crippen LogP contribution in [0, 0.1) is 5.92 Å². The highest BCUT2D eigenvalue weighted by Gasteiger charge is 2.26. The van der Waals surface area contributed by atoms with E-state index in [0.717, 1.165) is 17.7 Å². The highest BCUT2D eigenvalue weighted by Crippen LogP contribution is 2.29. The molecule has 1 aromatic rings. The Morgan fingerprint density at radius 3 is 2.38 bits per heavy atom. The molecule has 1 saturated heterocycles. The number of hydrogen-bond donors (Lipinski definition) is 1. The van der Waals surface area contributed by atoms with Crippen molar-refractivity contribution in [2.45, 2.75) is 44.7 Å². The number of piperidine rings is 1. The molecule has 1 aromatic carbocycles. The van der Waals surface area contributed by atoms with Crippen molar-refractivity contribution in [1.29, 1.82) is 0 Å². The van der Waals surface area contributed by atoms with E-state index in [4.69, 9.17) is 4.74 Å². The van der Waals surface area contributed by atoms with Crippen molar-refractivity contribution in [2.75, 3.05) is 26.7 Å². The van der Waals surface area contributed by atoms with Gasteiger partial charge in [0.25, 0.3) is 0 Å². The lowest BCUT2D eigenvalue weighted by atomic mass is 10.00. The van der Waals surface area contributed by atoms with Crippen LogP contribution < -0.4 is 10.1 Å². The lowest BCUT2D eigenvalue weighted by molar-refractivity contribution is 0.152. The summed E-state index contributed by atoms with van der Waals surface area (Å²) in [5.41, 5.74) is 1.39. The lowest BCUT2D eigenvalue weighted by Gasteiger charge is -2.36. The molecule has 3 rings (SSSR count). The maximum absolute atomic E-state index is 5.24. The average molecular weight is 288 g/mol. The number of ether oxygens (including phenoxy) is 1. The number of rotatable bonds is 6. The molecule has 21 heavy (non-hydrogen) atoms. The van der Waals surface area contributed by atoms with Crippen molar-refractivity contribution in [3.63, 3.8) is 0 Å². The fourth-order valence-corrected chi connectivity index (χ4v) is 3.24. The van der Waals surface area contributed by atoms with E-state index in [1.165, 1.54) is 50.9 Å². The number of benzene rings is 1. The van der Waals surface area contributed by atoms with Crippen LogP contribution in [0.1, 0.15) is 44.2 Å². The third-order valence-corrected chi connectivity index (χ3v) is 5.07. The molecule has 1 saturated carbocycles. The second-order valence-corrected chi connectivity index (χ2v) is 6.61. The molecule has 0 spiro atoms. The lowest BCUT2D eigenvalue weighted by Crippen LogP contribution is -2.43. The topological polar surface area (TPSA) is 24.5 Å². The molecular weight excluding hydrogens is 260 g/mol. The van der Waals surface area contributed by atoms with Crippen LogP contribution in [0.2, 0.25) is 0 Å². The van der Waals surface area contributed by atoms with Crippen LogP contribution in [0.4, 0.5) is 0 Å². The summed E-state index contributed by atoms with van der Waals surface area (Å²) in [4.78, 5) is 2.61. The predicted molar refractivity (Wildman–Crippen MR) is 86.7 cm³/mol. The third-order valence-electron chi connectivity index (χ3n) is 5.07. The molecule has 2 fully saturated rings. The van der Waals surface area contributed by atoms with Crippen LogP contribution in [0.25, 0.3) is 0 Å². The summed E-state index contributed by atoms with van der Waals surface area (Å²) in [5.74, 6) is 1.93. The molecule has 0 amide bonds. The molecule has 1 aliphatic carbocycles. The molecule has 116 valence electrons. The van der Waals surface area contributed by atoms with Crippen molar-refractivity contribution in [3.8, 4) is 5.75 Å². The van der Waals surface area contributed by atoms with E-state index in [0.29, 0.717) is 6.04 Å². The molecule has 0 aromatic heterocycles. The van der Waals surface area contributed by atoms with Crippen molar-refractivity contribution in [3.05, 3.63) is 29.8 Å². The highest BCUT2D eigenvalue weighted by atomic mass is 16.5. The van der Waals surface area contributed by atoms with Gasteiger partial charge in [0.1, 0.15) is 5.75 Å². The molecule has 1 unspecified atom stereocenters. The third kappa shape index (κ3) is 3.98. The second-order valence-electron chi connectivity index (χ2n) is 6.61. The van der Waals surface area contributed by atoms with Gasteiger partial charge in [-0.2, -0.15) is 0 Å². The monoisotopic (exact) mass is 288 g/mol. The minimum Gasteiger partial charge on any atom is -0.497 e. The first-order valence-electron chi connectivity index (χ1n) is 8.37. The Morgan fingerprint density at radius 2 is 1.81 bits per heavy atom. The van der Waals surface area contributed by atoms with Gasteiger partial charge in [-0.05, 0) is 62.8 Å². The summed E-state index contributed by atoms with van der Waals surface area (Å²) < 4.78 is 5.24. The van der Waals surface area contributed by atoms with Crippen molar-refractivity contribution >= 4 is 0 Å². The molecular formula is C18H28N2O. The van der Waals surface area contributed by atoms with E-state index in [1.54, 1.807) is 7.11 Å². The minimum atomic E-state index is 0.500. The number of nitrogens with zero attached hydrogens (tertiary/aromatic N) is 1. The zero-order valence-electron chi connectivity index (χ0n) is 13.3. The Hall–Kier alpha value is -1.06. The summed E-state index contributed by atoms with van der Waals surface area (Å²) in [6.07, 6.45) is 5.46. The largest absolute Gasteiger partial charge is 0.497 e. The van der Waals surface area contributed by atoms with Crippen LogP contribution in [0.5, 0.6) is 5.75 Å². The molecule has 1 N–H and O–H groups in total. The zero-order valence-corrected chi connectivity index (χ0v) is 13.3. The Bertz CT molecular complexity index is 433. The van der Waals surface area contributed by atoms with Crippen LogP contribution in [-0.2, 0) is 0 Å². The maximum atomic E-state index is 5.24. The van der Waals surface area contributed by atoms with Crippen molar-refractivity contribution in [2.24, 2.45) is 5.92 Å². The van der Waals surface area contributed by atoms with Crippen molar-refractivity contribution in [1.82, 2.24) is 10.2 Å². The molecule has 0 radical (unpaired) electrons. The molecule has 0 bridgehead atoms. The van der Waals surface area contributed by atoms with Gasteiger partial charge in [-0.1, -0.05) is 12.1 Å². The molecule has 1 atom stereocenters. The first-order valence-corrected chi connectivity index (χ1v) is 8.37. The van der Waals surface area contributed by atoms with Gasteiger partial charge in [0.15, 0.2) is 0 Å². The second kappa shape index (κ2) is 6.80. The van der Waals surface area contributed by atoms with Gasteiger partial charge in [0.05, 0.1) is 7.11 Å². The number of nitrogens with one attached hydrogen (secondary N) is 1. The zero-order chi connectivity index (χ0) is 14.7. The Labute approximate surface area is 128 Å². The van der Waals surface area contributed by atoms with Crippen LogP contribution in [0.15, 0.2) is 24.3 Å². The van der Waals surface area contributed by atoms with Gasteiger partial charge in [-0.3, -0.25) is 4.90 Å². The van der Waals surface area contributed by atoms with Gasteiger partial charge in [-0.15, -0.1) is 0 Å². The van der Waals surface area contributed by atoms with E-state index in [1.807, 2.05) is 0 Å². The van der Waals surface area contributed by atoms with Gasteiger partial charge < -0.3 is 10.1 Å². The van der Waals surface area contributed by atoms with Gasteiger partial charge >= 0.3 is 0 Å². The van der Waals surface area contributed by atoms with E-state index in [9.17, 15) is 0 Å². The molecule has 1 aliphatic heterocycles. The first-order chi connectivity index (χ1) is 10.3. The Morgan fingerprint density at radius 1 is 1.14 bits per heavy atom.